The van der Waals surface area contributed by atoms with Gasteiger partial charge in [-0.25, -0.2) is 4.98 Å². The van der Waals surface area contributed by atoms with E-state index in [4.69, 9.17) is 4.98 Å². The third-order valence-corrected chi connectivity index (χ3v) is 5.79. The minimum absolute atomic E-state index is 0.112. The summed E-state index contributed by atoms with van der Waals surface area (Å²) in [5.41, 5.74) is 4.37. The monoisotopic (exact) mass is 363 g/mol. The number of carbonyl (C=O) groups excluding carboxylic acids is 1. The molecule has 2 N–H and O–H groups in total. The molecule has 26 heavy (non-hydrogen) atoms. The molecule has 0 saturated heterocycles. The fourth-order valence-electron chi connectivity index (χ4n) is 3.38. The largest absolute Gasteiger partial charge is 0.338 e. The third kappa shape index (κ3) is 3.22. The van der Waals surface area contributed by atoms with Crippen molar-refractivity contribution in [1.29, 1.82) is 0 Å². The summed E-state index contributed by atoms with van der Waals surface area (Å²) in [6.07, 6.45) is 11.6. The first-order chi connectivity index (χ1) is 12.8. The van der Waals surface area contributed by atoms with Crippen molar-refractivity contribution in [1.82, 2.24) is 9.97 Å². The molecule has 1 aromatic carbocycles. The van der Waals surface area contributed by atoms with Gasteiger partial charge in [0.2, 0.25) is 5.91 Å². The number of benzene rings is 1. The molecule has 0 aliphatic heterocycles. The molecular weight excluding hydrogens is 342 g/mol. The number of carbonyl (C=O) groups is 1. The van der Waals surface area contributed by atoms with E-state index in [1.54, 1.807) is 23.5 Å². The number of aryl methyl sites for hydroxylation is 1. The van der Waals surface area contributed by atoms with Crippen molar-refractivity contribution in [3.63, 3.8) is 0 Å². The number of imidazole rings is 1. The van der Waals surface area contributed by atoms with Crippen LogP contribution in [0.25, 0.3) is 22.4 Å². The zero-order chi connectivity index (χ0) is 17.9. The number of allylic oxidation sites excluding steroid dienone is 3. The summed E-state index contributed by atoms with van der Waals surface area (Å²) in [5, 5.41) is 3.96. The summed E-state index contributed by atoms with van der Waals surface area (Å²) < 4.78 is 0. The molecule has 0 atom stereocenters. The summed E-state index contributed by atoms with van der Waals surface area (Å²) in [4.78, 5) is 21.9. The van der Waals surface area contributed by atoms with Crippen LogP contribution in [0.1, 0.15) is 30.2 Å². The van der Waals surface area contributed by atoms with Crippen molar-refractivity contribution in [3.05, 3.63) is 59.0 Å². The van der Waals surface area contributed by atoms with E-state index < -0.39 is 0 Å². The van der Waals surface area contributed by atoms with Gasteiger partial charge in [0, 0.05) is 11.0 Å². The SMILES string of the molecule is C/C=C/C=C/C(=O)Nc1sc2c(c1-c1nc3ccccc3[nH]1)CCCC2. The first-order valence-corrected chi connectivity index (χ1v) is 9.78. The van der Waals surface area contributed by atoms with Crippen LogP contribution >= 0.6 is 11.3 Å². The van der Waals surface area contributed by atoms with Gasteiger partial charge < -0.3 is 10.3 Å². The Balaban J connectivity index is 1.76. The van der Waals surface area contributed by atoms with E-state index in [-0.39, 0.29) is 5.91 Å². The van der Waals surface area contributed by atoms with Crippen LogP contribution in [0.5, 0.6) is 0 Å². The number of para-hydroxylation sites is 2. The van der Waals surface area contributed by atoms with Gasteiger partial charge in [0.1, 0.15) is 10.8 Å². The second-order valence-corrected chi connectivity index (χ2v) is 7.50. The average Bonchev–Trinajstić information content (AvgIpc) is 3.22. The molecular formula is C21H21N3OS. The molecule has 0 radical (unpaired) electrons. The molecule has 0 fully saturated rings. The number of aromatic amines is 1. The van der Waals surface area contributed by atoms with E-state index in [1.807, 2.05) is 43.3 Å². The number of nitrogens with zero attached hydrogens (tertiary/aromatic N) is 1. The smallest absolute Gasteiger partial charge is 0.248 e. The molecule has 1 aliphatic rings. The number of nitrogens with one attached hydrogen (secondary N) is 2. The lowest BCUT2D eigenvalue weighted by atomic mass is 9.95. The number of hydrogen-bond acceptors (Lipinski definition) is 3. The molecule has 0 unspecified atom stereocenters. The molecule has 2 heterocycles. The lowest BCUT2D eigenvalue weighted by Gasteiger charge is -2.11. The summed E-state index contributed by atoms with van der Waals surface area (Å²) in [7, 11) is 0. The second-order valence-electron chi connectivity index (χ2n) is 6.39. The second kappa shape index (κ2) is 7.30. The fraction of sp³-hybridized carbons (Fsp3) is 0.238. The first-order valence-electron chi connectivity index (χ1n) is 8.96. The van der Waals surface area contributed by atoms with Crippen LogP contribution in [0, 0.1) is 0 Å². The Morgan fingerprint density at radius 1 is 1.23 bits per heavy atom. The molecule has 1 amide bonds. The van der Waals surface area contributed by atoms with Gasteiger partial charge in [-0.05, 0) is 50.3 Å². The summed E-state index contributed by atoms with van der Waals surface area (Å²) in [6.45, 7) is 1.93. The zero-order valence-corrected chi connectivity index (χ0v) is 15.5. The van der Waals surface area contributed by atoms with Gasteiger partial charge in [0.05, 0.1) is 16.6 Å². The summed E-state index contributed by atoms with van der Waals surface area (Å²) in [6, 6.07) is 8.03. The van der Waals surface area contributed by atoms with Crippen molar-refractivity contribution < 1.29 is 4.79 Å². The third-order valence-electron chi connectivity index (χ3n) is 4.59. The minimum atomic E-state index is -0.112. The van der Waals surface area contributed by atoms with Gasteiger partial charge in [-0.3, -0.25) is 4.79 Å². The predicted octanol–water partition coefficient (Wildman–Crippen LogP) is 5.24. The highest BCUT2D eigenvalue weighted by Gasteiger charge is 2.24. The van der Waals surface area contributed by atoms with Crippen LogP contribution in [0.15, 0.2) is 48.6 Å². The Morgan fingerprint density at radius 3 is 2.92 bits per heavy atom. The topological polar surface area (TPSA) is 57.8 Å². The van der Waals surface area contributed by atoms with Gasteiger partial charge in [0.15, 0.2) is 0 Å². The highest BCUT2D eigenvalue weighted by atomic mass is 32.1. The van der Waals surface area contributed by atoms with Crippen molar-refractivity contribution in [2.75, 3.05) is 5.32 Å². The van der Waals surface area contributed by atoms with E-state index in [2.05, 4.69) is 10.3 Å². The number of aromatic nitrogens is 2. The molecule has 4 nitrogen and oxygen atoms in total. The first kappa shape index (κ1) is 16.8. The fourth-order valence-corrected chi connectivity index (χ4v) is 4.68. The van der Waals surface area contributed by atoms with E-state index in [0.29, 0.717) is 0 Å². The van der Waals surface area contributed by atoms with Crippen LogP contribution in [-0.2, 0) is 17.6 Å². The Kier molecular flexibility index (Phi) is 4.71. The lowest BCUT2D eigenvalue weighted by molar-refractivity contribution is -0.111. The Hall–Kier alpha value is -2.66. The maximum atomic E-state index is 12.3. The number of anilines is 1. The van der Waals surface area contributed by atoms with E-state index in [9.17, 15) is 4.79 Å². The number of rotatable bonds is 4. The number of fused-ring (bicyclic) bond motifs is 2. The lowest BCUT2D eigenvalue weighted by Crippen LogP contribution is -2.07. The van der Waals surface area contributed by atoms with Crippen molar-refractivity contribution in [2.45, 2.75) is 32.6 Å². The molecule has 0 bridgehead atoms. The molecule has 4 rings (SSSR count). The Bertz CT molecular complexity index is 977. The normalized spacial score (nSPS) is 14.3. The summed E-state index contributed by atoms with van der Waals surface area (Å²) >= 11 is 1.69. The van der Waals surface area contributed by atoms with Gasteiger partial charge in [-0.2, -0.15) is 0 Å². The molecule has 0 saturated carbocycles. The molecule has 1 aliphatic carbocycles. The quantitative estimate of drug-likeness (QED) is 0.492. The maximum absolute atomic E-state index is 12.3. The molecule has 5 heteroatoms. The Morgan fingerprint density at radius 2 is 2.08 bits per heavy atom. The van der Waals surface area contributed by atoms with E-state index in [1.165, 1.54) is 23.3 Å². The van der Waals surface area contributed by atoms with Gasteiger partial charge in [-0.15, -0.1) is 11.3 Å². The maximum Gasteiger partial charge on any atom is 0.248 e. The van der Waals surface area contributed by atoms with E-state index in [0.717, 1.165) is 40.3 Å². The molecule has 0 spiro atoms. The van der Waals surface area contributed by atoms with Crippen molar-refractivity contribution in [3.8, 4) is 11.4 Å². The van der Waals surface area contributed by atoms with Crippen LogP contribution < -0.4 is 5.32 Å². The molecule has 3 aromatic rings. The van der Waals surface area contributed by atoms with Crippen LogP contribution in [0.4, 0.5) is 5.00 Å². The highest BCUT2D eigenvalue weighted by Crippen LogP contribution is 2.43. The standard InChI is InChI=1S/C21H21N3OS/c1-2-3-4-13-18(25)24-21-19(14-9-5-8-12-17(14)26-21)20-22-15-10-6-7-11-16(15)23-20/h2-4,6-7,10-11,13H,5,8-9,12H2,1H3,(H,22,23)(H,24,25)/b3-2+,13-4+. The molecule has 132 valence electrons. The number of amides is 1. The van der Waals surface area contributed by atoms with Gasteiger partial charge >= 0.3 is 0 Å². The number of hydrogen-bond donors (Lipinski definition) is 2. The average molecular weight is 363 g/mol. The predicted molar refractivity (Wildman–Crippen MR) is 109 cm³/mol. The van der Waals surface area contributed by atoms with E-state index >= 15 is 0 Å². The van der Waals surface area contributed by atoms with Gasteiger partial charge in [0.25, 0.3) is 0 Å². The Labute approximate surface area is 156 Å². The van der Waals surface area contributed by atoms with Gasteiger partial charge in [-0.1, -0.05) is 30.4 Å². The van der Waals surface area contributed by atoms with Crippen LogP contribution in [0.3, 0.4) is 0 Å². The zero-order valence-electron chi connectivity index (χ0n) is 14.7. The minimum Gasteiger partial charge on any atom is -0.338 e. The number of H-pyrrole nitrogens is 1. The highest BCUT2D eigenvalue weighted by molar-refractivity contribution is 7.17. The summed E-state index contributed by atoms with van der Waals surface area (Å²) in [5.74, 6) is 0.734. The van der Waals surface area contributed by atoms with Crippen molar-refractivity contribution in [2.24, 2.45) is 0 Å². The number of thiophene rings is 1. The van der Waals surface area contributed by atoms with Crippen LogP contribution in [-0.4, -0.2) is 15.9 Å². The molecule has 2 aromatic heterocycles. The van der Waals surface area contributed by atoms with Crippen molar-refractivity contribution >= 4 is 33.3 Å². The van der Waals surface area contributed by atoms with Crippen LogP contribution in [0.2, 0.25) is 0 Å².